The van der Waals surface area contributed by atoms with E-state index in [1.807, 2.05) is 12.1 Å². The number of amides is 1. The summed E-state index contributed by atoms with van der Waals surface area (Å²) in [6.45, 7) is -0.654. The lowest BCUT2D eigenvalue weighted by atomic mass is 10.0. The summed E-state index contributed by atoms with van der Waals surface area (Å²) in [5.74, 6) is -0.256. The zero-order valence-electron chi connectivity index (χ0n) is 8.90. The lowest BCUT2D eigenvalue weighted by Gasteiger charge is -2.03. The molecule has 0 radical (unpaired) electrons. The van der Waals surface area contributed by atoms with Gasteiger partial charge in [-0.1, -0.05) is 6.07 Å². The minimum Gasteiger partial charge on any atom is -0.321 e. The number of carbonyl (C=O) groups excluding carboxylic acids is 1. The van der Waals surface area contributed by atoms with Crippen LogP contribution in [0.5, 0.6) is 0 Å². The molecule has 1 N–H and O–H groups in total. The van der Waals surface area contributed by atoms with Gasteiger partial charge < -0.3 is 5.32 Å². The first-order valence-electron chi connectivity index (χ1n) is 5.27. The molecule has 0 saturated carbocycles. The number of alkyl halides is 1. The van der Waals surface area contributed by atoms with Crippen molar-refractivity contribution >= 4 is 28.1 Å². The molecule has 3 nitrogen and oxygen atoms in total. The number of halogens is 1. The maximum atomic E-state index is 12.4. The van der Waals surface area contributed by atoms with Crippen molar-refractivity contribution in [3.8, 4) is 0 Å². The Kier molecular flexibility index (Phi) is 2.14. The highest BCUT2D eigenvalue weighted by molar-refractivity contribution is 6.34. The number of pyridine rings is 1. The molecule has 0 spiro atoms. The van der Waals surface area contributed by atoms with Crippen molar-refractivity contribution in [1.82, 2.24) is 4.98 Å². The molecule has 0 atom stereocenters. The van der Waals surface area contributed by atoms with E-state index < -0.39 is 6.67 Å². The van der Waals surface area contributed by atoms with Crippen LogP contribution in [0.2, 0.25) is 0 Å². The van der Waals surface area contributed by atoms with E-state index in [4.69, 9.17) is 0 Å². The summed E-state index contributed by atoms with van der Waals surface area (Å²) < 4.78 is 12.4. The molecule has 0 aliphatic carbocycles. The molecule has 2 heterocycles. The van der Waals surface area contributed by atoms with Crippen LogP contribution in [0.25, 0.3) is 16.5 Å². The zero-order valence-corrected chi connectivity index (χ0v) is 8.90. The van der Waals surface area contributed by atoms with Crippen LogP contribution in [0.4, 0.5) is 10.1 Å². The molecule has 1 amide bonds. The number of anilines is 1. The standard InChI is InChI=1S/C13H9FN2O/c14-6-5-9-12-8-2-1-7-15-10(8)3-4-11(12)16-13(9)17/h1-5,7H,6H2,(H,16,17)/b9-5-. The third-order valence-corrected chi connectivity index (χ3v) is 2.83. The molecule has 4 heteroatoms. The number of hydrogen-bond acceptors (Lipinski definition) is 2. The first-order valence-corrected chi connectivity index (χ1v) is 5.27. The third-order valence-electron chi connectivity index (χ3n) is 2.83. The molecule has 3 rings (SSSR count). The van der Waals surface area contributed by atoms with Crippen LogP contribution in [-0.4, -0.2) is 17.6 Å². The Morgan fingerprint density at radius 1 is 1.35 bits per heavy atom. The summed E-state index contributed by atoms with van der Waals surface area (Å²) in [6, 6.07) is 7.32. The van der Waals surface area contributed by atoms with Gasteiger partial charge in [-0.25, -0.2) is 4.39 Å². The molecule has 0 bridgehead atoms. The molecular formula is C13H9FN2O. The van der Waals surface area contributed by atoms with Gasteiger partial charge in [0.15, 0.2) is 0 Å². The molecule has 84 valence electrons. The molecule has 1 aliphatic rings. The van der Waals surface area contributed by atoms with E-state index in [1.165, 1.54) is 6.08 Å². The summed E-state index contributed by atoms with van der Waals surface area (Å²) >= 11 is 0. The maximum Gasteiger partial charge on any atom is 0.256 e. The third kappa shape index (κ3) is 1.41. The summed E-state index contributed by atoms with van der Waals surface area (Å²) in [4.78, 5) is 15.9. The van der Waals surface area contributed by atoms with Gasteiger partial charge in [0, 0.05) is 28.4 Å². The number of fused-ring (bicyclic) bond motifs is 3. The number of carbonyl (C=O) groups is 1. The first kappa shape index (κ1) is 9.96. The molecule has 2 aromatic rings. The fourth-order valence-electron chi connectivity index (χ4n) is 2.12. The first-order chi connectivity index (χ1) is 8.31. The molecule has 0 unspecified atom stereocenters. The Morgan fingerprint density at radius 3 is 3.06 bits per heavy atom. The number of hydrogen-bond donors (Lipinski definition) is 1. The van der Waals surface area contributed by atoms with Gasteiger partial charge in [0.05, 0.1) is 5.52 Å². The SMILES string of the molecule is O=C1Nc2ccc3ncccc3c2/C1=C/CF. The van der Waals surface area contributed by atoms with Crippen LogP contribution in [0.1, 0.15) is 5.56 Å². The Bertz CT molecular complexity index is 649. The van der Waals surface area contributed by atoms with E-state index in [9.17, 15) is 9.18 Å². The Balaban J connectivity index is 2.37. The lowest BCUT2D eigenvalue weighted by Crippen LogP contribution is -2.03. The van der Waals surface area contributed by atoms with Gasteiger partial charge in [-0.05, 0) is 24.3 Å². The van der Waals surface area contributed by atoms with Gasteiger partial charge in [0.25, 0.3) is 5.91 Å². The molecule has 1 aromatic heterocycles. The van der Waals surface area contributed by atoms with E-state index in [1.54, 1.807) is 18.3 Å². The predicted octanol–water partition coefficient (Wildman–Crippen LogP) is 2.54. The second kappa shape index (κ2) is 3.66. The largest absolute Gasteiger partial charge is 0.321 e. The lowest BCUT2D eigenvalue weighted by molar-refractivity contribution is -0.110. The van der Waals surface area contributed by atoms with Crippen molar-refractivity contribution in [2.75, 3.05) is 12.0 Å². The molecule has 0 saturated heterocycles. The fraction of sp³-hybridized carbons (Fsp3) is 0.0769. The van der Waals surface area contributed by atoms with Crippen LogP contribution in [-0.2, 0) is 4.79 Å². The van der Waals surface area contributed by atoms with Crippen molar-refractivity contribution < 1.29 is 9.18 Å². The summed E-state index contributed by atoms with van der Waals surface area (Å²) in [6.07, 6.45) is 2.99. The van der Waals surface area contributed by atoms with Gasteiger partial charge in [-0.2, -0.15) is 0 Å². The number of rotatable bonds is 1. The zero-order chi connectivity index (χ0) is 11.8. The highest BCUT2D eigenvalue weighted by Crippen LogP contribution is 2.36. The van der Waals surface area contributed by atoms with Gasteiger partial charge in [-0.3, -0.25) is 9.78 Å². The topological polar surface area (TPSA) is 42.0 Å². The Labute approximate surface area is 97.0 Å². The number of benzene rings is 1. The number of nitrogens with one attached hydrogen (secondary N) is 1. The van der Waals surface area contributed by atoms with Crippen LogP contribution in [0.15, 0.2) is 36.5 Å². The van der Waals surface area contributed by atoms with E-state index in [0.717, 1.165) is 22.2 Å². The van der Waals surface area contributed by atoms with Crippen LogP contribution in [0.3, 0.4) is 0 Å². The molecule has 17 heavy (non-hydrogen) atoms. The van der Waals surface area contributed by atoms with Crippen molar-refractivity contribution in [2.24, 2.45) is 0 Å². The van der Waals surface area contributed by atoms with Crippen LogP contribution in [0, 0.1) is 0 Å². The van der Waals surface area contributed by atoms with Crippen LogP contribution < -0.4 is 5.32 Å². The van der Waals surface area contributed by atoms with Gasteiger partial charge in [-0.15, -0.1) is 0 Å². The van der Waals surface area contributed by atoms with Crippen molar-refractivity contribution in [3.63, 3.8) is 0 Å². The van der Waals surface area contributed by atoms with E-state index in [0.29, 0.717) is 5.57 Å². The smallest absolute Gasteiger partial charge is 0.256 e. The second-order valence-electron chi connectivity index (χ2n) is 3.78. The van der Waals surface area contributed by atoms with Gasteiger partial charge in [0.2, 0.25) is 0 Å². The van der Waals surface area contributed by atoms with E-state index in [2.05, 4.69) is 10.3 Å². The highest BCUT2D eigenvalue weighted by Gasteiger charge is 2.25. The molecule has 1 aliphatic heterocycles. The molecule has 0 fully saturated rings. The van der Waals surface area contributed by atoms with Gasteiger partial charge in [0.1, 0.15) is 6.67 Å². The van der Waals surface area contributed by atoms with Crippen molar-refractivity contribution in [3.05, 3.63) is 42.1 Å². The second-order valence-corrected chi connectivity index (χ2v) is 3.78. The normalized spacial score (nSPS) is 16.3. The van der Waals surface area contributed by atoms with E-state index in [-0.39, 0.29) is 5.91 Å². The summed E-state index contributed by atoms with van der Waals surface area (Å²) in [5, 5.41) is 3.59. The Hall–Kier alpha value is -2.23. The van der Waals surface area contributed by atoms with Crippen molar-refractivity contribution in [2.45, 2.75) is 0 Å². The minimum absolute atomic E-state index is 0.256. The molecular weight excluding hydrogens is 219 g/mol. The summed E-state index contributed by atoms with van der Waals surface area (Å²) in [5.41, 5.74) is 2.65. The number of allylic oxidation sites excluding steroid dienone is 1. The average Bonchev–Trinajstić information content (AvgIpc) is 2.67. The monoisotopic (exact) mass is 228 g/mol. The average molecular weight is 228 g/mol. The van der Waals surface area contributed by atoms with Gasteiger partial charge >= 0.3 is 0 Å². The highest BCUT2D eigenvalue weighted by atomic mass is 19.1. The van der Waals surface area contributed by atoms with Crippen molar-refractivity contribution in [1.29, 1.82) is 0 Å². The van der Waals surface area contributed by atoms with E-state index >= 15 is 0 Å². The summed E-state index contributed by atoms with van der Waals surface area (Å²) in [7, 11) is 0. The predicted molar refractivity (Wildman–Crippen MR) is 64.3 cm³/mol. The molecule has 1 aromatic carbocycles. The maximum absolute atomic E-state index is 12.4. The number of nitrogens with zero attached hydrogens (tertiary/aromatic N) is 1. The Morgan fingerprint density at radius 2 is 2.24 bits per heavy atom. The van der Waals surface area contributed by atoms with Crippen LogP contribution >= 0.6 is 0 Å². The minimum atomic E-state index is -0.654. The fourth-order valence-corrected chi connectivity index (χ4v) is 2.12. The quantitative estimate of drug-likeness (QED) is 0.762. The number of aromatic nitrogens is 1.